The van der Waals surface area contributed by atoms with E-state index in [-0.39, 0.29) is 0 Å². The van der Waals surface area contributed by atoms with E-state index >= 15 is 0 Å². The Labute approximate surface area is 196 Å². The average Bonchev–Trinajstić information content (AvgIpc) is 2.84. The van der Waals surface area contributed by atoms with E-state index in [1.54, 1.807) is 0 Å². The molecule has 0 aliphatic carbocycles. The number of carbonyl (C=O) groups excluding carboxylic acids is 1. The SMILES string of the molecule is CCCCCCCCN1c2ccccc2Sc2cc(/C=C/c3ccc(C=O)cc3)ccc21. The van der Waals surface area contributed by atoms with Crippen LogP contribution in [0.3, 0.4) is 0 Å². The van der Waals surface area contributed by atoms with Crippen LogP contribution in [0.25, 0.3) is 12.2 Å². The molecule has 3 heteroatoms. The maximum absolute atomic E-state index is 10.8. The highest BCUT2D eigenvalue weighted by Gasteiger charge is 2.22. The first kappa shape index (κ1) is 22.4. The van der Waals surface area contributed by atoms with Gasteiger partial charge in [-0.15, -0.1) is 0 Å². The highest BCUT2D eigenvalue weighted by molar-refractivity contribution is 7.99. The van der Waals surface area contributed by atoms with E-state index < -0.39 is 0 Å². The van der Waals surface area contributed by atoms with Crippen LogP contribution in [0.4, 0.5) is 11.4 Å². The first-order valence-electron chi connectivity index (χ1n) is 11.7. The van der Waals surface area contributed by atoms with Gasteiger partial charge in [-0.25, -0.2) is 0 Å². The van der Waals surface area contributed by atoms with Crippen LogP contribution in [-0.4, -0.2) is 12.8 Å². The number of benzene rings is 3. The zero-order chi connectivity index (χ0) is 22.2. The summed E-state index contributed by atoms with van der Waals surface area (Å²) in [6.07, 6.45) is 13.0. The molecule has 0 aromatic heterocycles. The summed E-state index contributed by atoms with van der Waals surface area (Å²) in [5.41, 5.74) is 5.63. The number of carbonyl (C=O) groups is 1. The lowest BCUT2D eigenvalue weighted by atomic mass is 10.1. The minimum absolute atomic E-state index is 0.705. The maximum Gasteiger partial charge on any atom is 0.150 e. The van der Waals surface area contributed by atoms with Crippen LogP contribution >= 0.6 is 11.8 Å². The first-order chi connectivity index (χ1) is 15.8. The fraction of sp³-hybridized carbons (Fsp3) is 0.276. The number of hydrogen-bond donors (Lipinski definition) is 0. The third-order valence-corrected chi connectivity index (χ3v) is 7.04. The van der Waals surface area contributed by atoms with Crippen molar-refractivity contribution in [3.8, 4) is 0 Å². The standard InChI is InChI=1S/C29H31NOS/c1-2-3-4-5-6-9-20-30-26-10-7-8-11-28(26)32-29-21-24(18-19-27(29)30)15-12-23-13-16-25(22-31)17-14-23/h7-8,10-19,21-22H,2-6,9,20H2,1H3/b15-12+. The number of hydrogen-bond acceptors (Lipinski definition) is 3. The molecular weight excluding hydrogens is 410 g/mol. The van der Waals surface area contributed by atoms with Gasteiger partial charge in [0.15, 0.2) is 0 Å². The Morgan fingerprint density at radius 1 is 0.719 bits per heavy atom. The molecule has 1 heterocycles. The van der Waals surface area contributed by atoms with Crippen molar-refractivity contribution < 1.29 is 4.79 Å². The topological polar surface area (TPSA) is 20.3 Å². The Morgan fingerprint density at radius 2 is 1.38 bits per heavy atom. The summed E-state index contributed by atoms with van der Waals surface area (Å²) in [5.74, 6) is 0. The molecule has 0 spiro atoms. The van der Waals surface area contributed by atoms with Crippen LogP contribution in [-0.2, 0) is 0 Å². The van der Waals surface area contributed by atoms with E-state index in [1.807, 2.05) is 36.0 Å². The number of nitrogens with zero attached hydrogens (tertiary/aromatic N) is 1. The monoisotopic (exact) mass is 441 g/mol. The minimum Gasteiger partial charge on any atom is -0.340 e. The lowest BCUT2D eigenvalue weighted by molar-refractivity contribution is 0.112. The van der Waals surface area contributed by atoms with Gasteiger partial charge in [0.1, 0.15) is 6.29 Å². The molecule has 0 radical (unpaired) electrons. The van der Waals surface area contributed by atoms with Gasteiger partial charge in [0.05, 0.1) is 11.4 Å². The fourth-order valence-electron chi connectivity index (χ4n) is 4.12. The van der Waals surface area contributed by atoms with Crippen molar-refractivity contribution in [2.75, 3.05) is 11.4 Å². The summed E-state index contributed by atoms with van der Waals surface area (Å²) in [6, 6.07) is 23.2. The largest absolute Gasteiger partial charge is 0.340 e. The number of fused-ring (bicyclic) bond motifs is 2. The predicted octanol–water partition coefficient (Wildman–Crippen LogP) is 8.63. The summed E-state index contributed by atoms with van der Waals surface area (Å²) in [5, 5.41) is 0. The summed E-state index contributed by atoms with van der Waals surface area (Å²) < 4.78 is 0. The van der Waals surface area contributed by atoms with Gasteiger partial charge in [-0.3, -0.25) is 4.79 Å². The van der Waals surface area contributed by atoms with E-state index in [2.05, 4.69) is 66.4 Å². The molecule has 4 rings (SSSR count). The van der Waals surface area contributed by atoms with Crippen LogP contribution in [0.5, 0.6) is 0 Å². The van der Waals surface area contributed by atoms with E-state index in [0.717, 1.165) is 18.4 Å². The van der Waals surface area contributed by atoms with Gasteiger partial charge >= 0.3 is 0 Å². The molecule has 0 atom stereocenters. The van der Waals surface area contributed by atoms with Crippen molar-refractivity contribution in [2.24, 2.45) is 0 Å². The molecule has 0 saturated carbocycles. The molecular formula is C29H31NOS. The molecule has 0 fully saturated rings. The summed E-state index contributed by atoms with van der Waals surface area (Å²) in [4.78, 5) is 16.0. The number of para-hydroxylation sites is 1. The maximum atomic E-state index is 10.8. The second-order valence-electron chi connectivity index (χ2n) is 8.33. The summed E-state index contributed by atoms with van der Waals surface area (Å²) in [7, 11) is 0. The number of unbranched alkanes of at least 4 members (excludes halogenated alkanes) is 5. The van der Waals surface area contributed by atoms with Gasteiger partial charge in [-0.05, 0) is 41.8 Å². The fourth-order valence-corrected chi connectivity index (χ4v) is 5.27. The van der Waals surface area contributed by atoms with Crippen LogP contribution in [0.15, 0.2) is 76.5 Å². The molecule has 0 unspecified atom stereocenters. The van der Waals surface area contributed by atoms with Gasteiger partial charge in [0.25, 0.3) is 0 Å². The molecule has 0 amide bonds. The molecule has 3 aromatic rings. The van der Waals surface area contributed by atoms with E-state index in [4.69, 9.17) is 0 Å². The van der Waals surface area contributed by atoms with E-state index in [1.165, 1.54) is 65.3 Å². The quantitative estimate of drug-likeness (QED) is 0.178. The Hall–Kier alpha value is -2.78. The van der Waals surface area contributed by atoms with Crippen LogP contribution < -0.4 is 4.90 Å². The van der Waals surface area contributed by atoms with Crippen LogP contribution in [0.2, 0.25) is 0 Å². The molecule has 164 valence electrons. The van der Waals surface area contributed by atoms with Gasteiger partial charge in [-0.1, -0.05) is 105 Å². The van der Waals surface area contributed by atoms with Gasteiger partial charge < -0.3 is 4.90 Å². The predicted molar refractivity (Wildman–Crippen MR) is 138 cm³/mol. The number of rotatable bonds is 10. The Kier molecular flexibility index (Phi) is 7.84. The van der Waals surface area contributed by atoms with Gasteiger partial charge in [-0.2, -0.15) is 0 Å². The third-order valence-electron chi connectivity index (χ3n) is 5.93. The van der Waals surface area contributed by atoms with E-state index in [9.17, 15) is 4.79 Å². The Balaban J connectivity index is 1.50. The molecule has 1 aliphatic heterocycles. The molecule has 0 bridgehead atoms. The van der Waals surface area contributed by atoms with Crippen molar-refractivity contribution >= 4 is 41.6 Å². The second kappa shape index (κ2) is 11.2. The molecule has 2 nitrogen and oxygen atoms in total. The molecule has 0 N–H and O–H groups in total. The first-order valence-corrected chi connectivity index (χ1v) is 12.5. The highest BCUT2D eigenvalue weighted by atomic mass is 32.2. The van der Waals surface area contributed by atoms with Crippen molar-refractivity contribution in [3.63, 3.8) is 0 Å². The lowest BCUT2D eigenvalue weighted by Gasteiger charge is -2.33. The lowest BCUT2D eigenvalue weighted by Crippen LogP contribution is -2.22. The molecule has 32 heavy (non-hydrogen) atoms. The van der Waals surface area contributed by atoms with Gasteiger partial charge in [0.2, 0.25) is 0 Å². The van der Waals surface area contributed by atoms with Crippen molar-refractivity contribution in [1.82, 2.24) is 0 Å². The van der Waals surface area contributed by atoms with Crippen LogP contribution in [0.1, 0.15) is 66.9 Å². The van der Waals surface area contributed by atoms with Crippen molar-refractivity contribution in [1.29, 1.82) is 0 Å². The Bertz CT molecular complexity index is 1070. The van der Waals surface area contributed by atoms with Crippen LogP contribution in [0, 0.1) is 0 Å². The second-order valence-corrected chi connectivity index (χ2v) is 9.42. The summed E-state index contributed by atoms with van der Waals surface area (Å²) >= 11 is 1.86. The molecule has 0 saturated heterocycles. The van der Waals surface area contributed by atoms with Crippen molar-refractivity contribution in [3.05, 3.63) is 83.4 Å². The normalized spacial score (nSPS) is 12.6. The Morgan fingerprint density at radius 3 is 2.19 bits per heavy atom. The zero-order valence-electron chi connectivity index (χ0n) is 18.8. The molecule has 1 aliphatic rings. The van der Waals surface area contributed by atoms with Gasteiger partial charge in [0, 0.05) is 21.9 Å². The number of anilines is 2. The van der Waals surface area contributed by atoms with Crippen molar-refractivity contribution in [2.45, 2.75) is 55.2 Å². The minimum atomic E-state index is 0.705. The van der Waals surface area contributed by atoms with E-state index in [0.29, 0.717) is 5.56 Å². The number of aldehydes is 1. The average molecular weight is 442 g/mol. The zero-order valence-corrected chi connectivity index (χ0v) is 19.6. The smallest absolute Gasteiger partial charge is 0.150 e. The molecule has 3 aromatic carbocycles. The third kappa shape index (κ3) is 5.52. The summed E-state index contributed by atoms with van der Waals surface area (Å²) in [6.45, 7) is 3.33. The highest BCUT2D eigenvalue weighted by Crippen LogP contribution is 2.48.